The van der Waals surface area contributed by atoms with Gasteiger partial charge in [-0.25, -0.2) is 0 Å². The lowest BCUT2D eigenvalue weighted by molar-refractivity contribution is 0.624. The van der Waals surface area contributed by atoms with E-state index >= 15 is 0 Å². The highest BCUT2D eigenvalue weighted by molar-refractivity contribution is 9.10. The Morgan fingerprint density at radius 2 is 1.80 bits per heavy atom. The maximum Gasteiger partial charge on any atom is 0.0491 e. The molecule has 2 aliphatic rings. The summed E-state index contributed by atoms with van der Waals surface area (Å²) in [6, 6.07) is 9.22. The number of benzene rings is 1. The molecular formula is C17H19BrN2. The highest BCUT2D eigenvalue weighted by Gasteiger charge is 2.28. The number of aromatic amines is 1. The average Bonchev–Trinajstić information content (AvgIpc) is 3.16. The van der Waals surface area contributed by atoms with E-state index in [1.807, 2.05) is 0 Å². The minimum Gasteiger partial charge on any atom is -0.357 e. The zero-order chi connectivity index (χ0) is 13.5. The largest absolute Gasteiger partial charge is 0.357 e. The second kappa shape index (κ2) is 5.05. The van der Waals surface area contributed by atoms with Crippen molar-refractivity contribution < 1.29 is 0 Å². The first-order valence-electron chi connectivity index (χ1n) is 7.56. The van der Waals surface area contributed by atoms with Gasteiger partial charge in [-0.1, -0.05) is 28.1 Å². The first kappa shape index (κ1) is 12.7. The van der Waals surface area contributed by atoms with E-state index in [9.17, 15) is 0 Å². The van der Waals surface area contributed by atoms with Crippen LogP contribution in [0.4, 0.5) is 0 Å². The second-order valence-electron chi connectivity index (χ2n) is 5.88. The maximum atomic E-state index is 3.75. The predicted octanol–water partition coefficient (Wildman–Crippen LogP) is 4.36. The van der Waals surface area contributed by atoms with Crippen LogP contribution in [0.3, 0.4) is 0 Å². The Labute approximate surface area is 128 Å². The lowest BCUT2D eigenvalue weighted by atomic mass is 10.0. The molecule has 2 heterocycles. The van der Waals surface area contributed by atoms with Gasteiger partial charge in [0.25, 0.3) is 0 Å². The number of nitrogens with one attached hydrogen (secondary N) is 2. The van der Waals surface area contributed by atoms with Crippen molar-refractivity contribution in [2.24, 2.45) is 0 Å². The fourth-order valence-corrected chi connectivity index (χ4v) is 3.96. The van der Waals surface area contributed by atoms with Crippen LogP contribution in [0.25, 0.3) is 11.3 Å². The fourth-order valence-electron chi connectivity index (χ4n) is 3.69. The Hall–Kier alpha value is -1.06. The molecule has 2 nitrogen and oxygen atoms in total. The first-order valence-corrected chi connectivity index (χ1v) is 8.35. The number of hydrogen-bond acceptors (Lipinski definition) is 1. The summed E-state index contributed by atoms with van der Waals surface area (Å²) >= 11 is 3.52. The van der Waals surface area contributed by atoms with E-state index < -0.39 is 0 Å². The van der Waals surface area contributed by atoms with Gasteiger partial charge in [0.15, 0.2) is 0 Å². The topological polar surface area (TPSA) is 27.8 Å². The minimum atomic E-state index is 0.547. The van der Waals surface area contributed by atoms with Gasteiger partial charge in [0.1, 0.15) is 0 Å². The van der Waals surface area contributed by atoms with Gasteiger partial charge < -0.3 is 10.3 Å². The van der Waals surface area contributed by atoms with E-state index in [2.05, 4.69) is 50.5 Å². The quantitative estimate of drug-likeness (QED) is 0.841. The molecule has 0 radical (unpaired) electrons. The molecule has 1 aromatic carbocycles. The van der Waals surface area contributed by atoms with Crippen molar-refractivity contribution in [3.05, 3.63) is 45.6 Å². The van der Waals surface area contributed by atoms with Crippen molar-refractivity contribution in [1.29, 1.82) is 0 Å². The van der Waals surface area contributed by atoms with Gasteiger partial charge in [-0.3, -0.25) is 0 Å². The van der Waals surface area contributed by atoms with Gasteiger partial charge in [-0.2, -0.15) is 0 Å². The van der Waals surface area contributed by atoms with Gasteiger partial charge >= 0.3 is 0 Å². The van der Waals surface area contributed by atoms with Crippen LogP contribution in [-0.4, -0.2) is 11.5 Å². The van der Waals surface area contributed by atoms with E-state index in [0.717, 1.165) is 11.0 Å². The Morgan fingerprint density at radius 1 is 1.00 bits per heavy atom. The highest BCUT2D eigenvalue weighted by Crippen LogP contribution is 2.39. The van der Waals surface area contributed by atoms with Crippen LogP contribution in [0.15, 0.2) is 28.7 Å². The second-order valence-corrected chi connectivity index (χ2v) is 6.80. The molecule has 1 aromatic heterocycles. The van der Waals surface area contributed by atoms with Crippen LogP contribution in [0.1, 0.15) is 42.1 Å². The van der Waals surface area contributed by atoms with E-state index in [1.165, 1.54) is 49.1 Å². The monoisotopic (exact) mass is 330 g/mol. The highest BCUT2D eigenvalue weighted by atomic mass is 79.9. The molecule has 1 atom stereocenters. The standard InChI is InChI=1S/C17H19BrN2/c18-12-8-6-11(7-9-12)16-13-3-1-4-14(13)17(20-16)15-5-2-10-19-15/h6-9,15,19-20H,1-5,10H2. The molecular weight excluding hydrogens is 312 g/mol. The third-order valence-corrected chi connectivity index (χ3v) is 5.17. The molecule has 4 rings (SSSR count). The molecule has 20 heavy (non-hydrogen) atoms. The minimum absolute atomic E-state index is 0.547. The van der Waals surface area contributed by atoms with Crippen LogP contribution in [0.5, 0.6) is 0 Å². The van der Waals surface area contributed by atoms with Crippen LogP contribution in [-0.2, 0) is 12.8 Å². The van der Waals surface area contributed by atoms with E-state index in [4.69, 9.17) is 0 Å². The Morgan fingerprint density at radius 3 is 2.55 bits per heavy atom. The van der Waals surface area contributed by atoms with Gasteiger partial charge in [0.2, 0.25) is 0 Å². The van der Waals surface area contributed by atoms with Crippen molar-refractivity contribution in [3.8, 4) is 11.3 Å². The van der Waals surface area contributed by atoms with Crippen molar-refractivity contribution >= 4 is 15.9 Å². The predicted molar refractivity (Wildman–Crippen MR) is 85.9 cm³/mol. The molecule has 1 saturated heterocycles. The molecule has 0 spiro atoms. The molecule has 104 valence electrons. The molecule has 2 N–H and O–H groups in total. The van der Waals surface area contributed by atoms with Crippen molar-refractivity contribution in [3.63, 3.8) is 0 Å². The summed E-state index contributed by atoms with van der Waals surface area (Å²) in [7, 11) is 0. The lowest BCUT2D eigenvalue weighted by Crippen LogP contribution is -2.14. The molecule has 0 bridgehead atoms. The summed E-state index contributed by atoms with van der Waals surface area (Å²) in [6.45, 7) is 1.16. The summed E-state index contributed by atoms with van der Waals surface area (Å²) in [5, 5.41) is 3.64. The fraction of sp³-hybridized carbons (Fsp3) is 0.412. The summed E-state index contributed by atoms with van der Waals surface area (Å²) in [5.74, 6) is 0. The third-order valence-electron chi connectivity index (χ3n) is 4.65. The van der Waals surface area contributed by atoms with E-state index in [-0.39, 0.29) is 0 Å². The van der Waals surface area contributed by atoms with Crippen molar-refractivity contribution in [2.75, 3.05) is 6.54 Å². The summed E-state index contributed by atoms with van der Waals surface area (Å²) in [4.78, 5) is 3.75. The SMILES string of the molecule is Brc1ccc(-c2[nH]c(C3CCCN3)c3c2CCC3)cc1. The Bertz CT molecular complexity index is 621. The summed E-state index contributed by atoms with van der Waals surface area (Å²) in [5.41, 5.74) is 7.30. The van der Waals surface area contributed by atoms with Crippen LogP contribution in [0, 0.1) is 0 Å². The molecule has 1 aliphatic carbocycles. The van der Waals surface area contributed by atoms with Gasteiger partial charge in [-0.05, 0) is 67.5 Å². The number of halogens is 1. The molecule has 1 aliphatic heterocycles. The Kier molecular flexibility index (Phi) is 3.20. The molecule has 0 amide bonds. The maximum absolute atomic E-state index is 3.75. The molecule has 1 fully saturated rings. The number of H-pyrrole nitrogens is 1. The lowest BCUT2D eigenvalue weighted by Gasteiger charge is -2.10. The molecule has 1 unspecified atom stereocenters. The molecule has 2 aromatic rings. The summed E-state index contributed by atoms with van der Waals surface area (Å²) in [6.07, 6.45) is 6.35. The van der Waals surface area contributed by atoms with E-state index in [0.29, 0.717) is 6.04 Å². The molecule has 3 heteroatoms. The first-order chi connectivity index (χ1) is 9.83. The van der Waals surface area contributed by atoms with Crippen LogP contribution >= 0.6 is 15.9 Å². The summed E-state index contributed by atoms with van der Waals surface area (Å²) < 4.78 is 1.14. The van der Waals surface area contributed by atoms with Gasteiger partial charge in [0, 0.05) is 21.9 Å². The smallest absolute Gasteiger partial charge is 0.0491 e. The van der Waals surface area contributed by atoms with Crippen LogP contribution in [0.2, 0.25) is 0 Å². The number of hydrogen-bond donors (Lipinski definition) is 2. The Balaban J connectivity index is 1.80. The van der Waals surface area contributed by atoms with Gasteiger partial charge in [0.05, 0.1) is 0 Å². The average molecular weight is 331 g/mol. The normalized spacial score (nSPS) is 21.4. The zero-order valence-electron chi connectivity index (χ0n) is 11.5. The number of aromatic nitrogens is 1. The number of fused-ring (bicyclic) bond motifs is 1. The zero-order valence-corrected chi connectivity index (χ0v) is 13.1. The van der Waals surface area contributed by atoms with Crippen LogP contribution < -0.4 is 5.32 Å². The molecule has 0 saturated carbocycles. The third kappa shape index (κ3) is 2.04. The van der Waals surface area contributed by atoms with Crippen molar-refractivity contribution in [2.45, 2.75) is 38.1 Å². The van der Waals surface area contributed by atoms with Gasteiger partial charge in [-0.15, -0.1) is 0 Å². The number of rotatable bonds is 2. The van der Waals surface area contributed by atoms with E-state index in [1.54, 1.807) is 11.1 Å². The van der Waals surface area contributed by atoms with Crippen molar-refractivity contribution in [1.82, 2.24) is 10.3 Å².